The summed E-state index contributed by atoms with van der Waals surface area (Å²) in [6.07, 6.45) is 3.21. The normalized spacial score (nSPS) is 19.5. The highest BCUT2D eigenvalue weighted by atomic mass is 16.5. The molecule has 1 aliphatic rings. The number of H-pyrrole nitrogens is 1. The topological polar surface area (TPSA) is 62.8 Å². The van der Waals surface area contributed by atoms with Gasteiger partial charge >= 0.3 is 0 Å². The van der Waals surface area contributed by atoms with Crippen LogP contribution in [0.5, 0.6) is 0 Å². The van der Waals surface area contributed by atoms with Gasteiger partial charge in [0.25, 0.3) is 0 Å². The van der Waals surface area contributed by atoms with Crippen molar-refractivity contribution in [2.75, 3.05) is 6.61 Å². The van der Waals surface area contributed by atoms with E-state index < -0.39 is 0 Å². The highest BCUT2D eigenvalue weighted by molar-refractivity contribution is 5.26. The number of ether oxygens (including phenoxy) is 1. The van der Waals surface area contributed by atoms with Gasteiger partial charge in [0, 0.05) is 12.6 Å². The lowest BCUT2D eigenvalue weighted by molar-refractivity contribution is 0.105. The van der Waals surface area contributed by atoms with E-state index in [9.17, 15) is 0 Å². The monoisotopic (exact) mass is 300 g/mol. The van der Waals surface area contributed by atoms with Crippen LogP contribution in [0.15, 0.2) is 24.3 Å². The van der Waals surface area contributed by atoms with E-state index in [-0.39, 0.29) is 6.10 Å². The largest absolute Gasteiger partial charge is 0.370 e. The van der Waals surface area contributed by atoms with Crippen LogP contribution in [0.4, 0.5) is 0 Å². The average Bonchev–Trinajstić information content (AvgIpc) is 3.18. The number of aromatic nitrogens is 3. The number of rotatable bonds is 6. The van der Waals surface area contributed by atoms with Gasteiger partial charge in [0.15, 0.2) is 5.82 Å². The van der Waals surface area contributed by atoms with Gasteiger partial charge in [-0.15, -0.1) is 0 Å². The molecule has 22 heavy (non-hydrogen) atoms. The lowest BCUT2D eigenvalue weighted by Crippen LogP contribution is -2.28. The van der Waals surface area contributed by atoms with Gasteiger partial charge in [-0.25, -0.2) is 4.98 Å². The summed E-state index contributed by atoms with van der Waals surface area (Å²) in [4.78, 5) is 4.53. The van der Waals surface area contributed by atoms with Crippen LogP contribution in [0, 0.1) is 6.92 Å². The minimum absolute atomic E-state index is 0.0781. The molecular formula is C17H24N4O. The van der Waals surface area contributed by atoms with Gasteiger partial charge < -0.3 is 10.1 Å². The van der Waals surface area contributed by atoms with E-state index in [1.807, 2.05) is 0 Å². The molecule has 1 aromatic carbocycles. The zero-order chi connectivity index (χ0) is 15.4. The zero-order valence-electron chi connectivity index (χ0n) is 13.3. The van der Waals surface area contributed by atoms with Crippen LogP contribution in [0.25, 0.3) is 0 Å². The molecule has 0 amide bonds. The Balaban J connectivity index is 1.50. The molecule has 2 N–H and O–H groups in total. The van der Waals surface area contributed by atoms with E-state index >= 15 is 0 Å². The van der Waals surface area contributed by atoms with Gasteiger partial charge in [0.05, 0.1) is 6.54 Å². The molecule has 2 heterocycles. The van der Waals surface area contributed by atoms with E-state index in [2.05, 4.69) is 58.6 Å². The Bertz CT molecular complexity index is 604. The number of nitrogens with one attached hydrogen (secondary N) is 2. The molecule has 0 saturated carbocycles. The Morgan fingerprint density at radius 2 is 2.27 bits per heavy atom. The Morgan fingerprint density at radius 3 is 3.05 bits per heavy atom. The third kappa shape index (κ3) is 3.72. The van der Waals surface area contributed by atoms with Crippen LogP contribution >= 0.6 is 0 Å². The summed E-state index contributed by atoms with van der Waals surface area (Å²) in [6, 6.07) is 8.92. The molecular weight excluding hydrogens is 276 g/mol. The first-order valence-corrected chi connectivity index (χ1v) is 8.03. The highest BCUT2D eigenvalue weighted by Crippen LogP contribution is 2.25. The smallest absolute Gasteiger partial charge is 0.179 e. The van der Waals surface area contributed by atoms with Gasteiger partial charge in [-0.2, -0.15) is 5.10 Å². The van der Waals surface area contributed by atoms with Crippen molar-refractivity contribution in [3.05, 3.63) is 47.0 Å². The lowest BCUT2D eigenvalue weighted by atomic mass is 10.0. The Morgan fingerprint density at radius 1 is 1.41 bits per heavy atom. The van der Waals surface area contributed by atoms with Crippen molar-refractivity contribution >= 4 is 0 Å². The molecule has 1 saturated heterocycles. The summed E-state index contributed by atoms with van der Waals surface area (Å²) in [5, 5.41) is 10.8. The van der Waals surface area contributed by atoms with Gasteiger partial charge in [-0.05, 0) is 44.2 Å². The zero-order valence-corrected chi connectivity index (χ0v) is 13.3. The van der Waals surface area contributed by atoms with Gasteiger partial charge in [0.2, 0.25) is 0 Å². The molecule has 2 atom stereocenters. The van der Waals surface area contributed by atoms with Crippen molar-refractivity contribution in [1.29, 1.82) is 0 Å². The minimum Gasteiger partial charge on any atom is -0.370 e. The number of nitrogens with zero attached hydrogens (tertiary/aromatic N) is 2. The Hall–Kier alpha value is -1.72. The van der Waals surface area contributed by atoms with E-state index in [0.717, 1.165) is 37.5 Å². The molecule has 0 spiro atoms. The van der Waals surface area contributed by atoms with Crippen LogP contribution in [0.2, 0.25) is 0 Å². The molecule has 1 aromatic heterocycles. The quantitative estimate of drug-likeness (QED) is 0.861. The predicted octanol–water partition coefficient (Wildman–Crippen LogP) is 2.69. The maximum atomic E-state index is 5.60. The van der Waals surface area contributed by atoms with Crippen molar-refractivity contribution in [1.82, 2.24) is 20.5 Å². The Kier molecular flexibility index (Phi) is 4.85. The predicted molar refractivity (Wildman–Crippen MR) is 85.5 cm³/mol. The third-order valence-corrected chi connectivity index (χ3v) is 4.17. The van der Waals surface area contributed by atoms with Crippen LogP contribution in [0.3, 0.4) is 0 Å². The number of aromatic amines is 1. The van der Waals surface area contributed by atoms with Gasteiger partial charge in [-0.3, -0.25) is 5.10 Å². The van der Waals surface area contributed by atoms with Crippen molar-refractivity contribution in [2.45, 2.75) is 51.8 Å². The molecule has 2 aromatic rings. The first-order valence-electron chi connectivity index (χ1n) is 8.03. The van der Waals surface area contributed by atoms with Gasteiger partial charge in [-0.1, -0.05) is 24.3 Å². The summed E-state index contributed by atoms with van der Waals surface area (Å²) in [6.45, 7) is 5.88. The SMILES string of the molecule is Cc1ccccc1CC(C)NCc1nc(C2CCCO2)n[nH]1. The maximum Gasteiger partial charge on any atom is 0.179 e. The fourth-order valence-corrected chi connectivity index (χ4v) is 2.83. The molecule has 3 rings (SSSR count). The van der Waals surface area contributed by atoms with Crippen LogP contribution < -0.4 is 5.32 Å². The van der Waals surface area contributed by atoms with Gasteiger partial charge in [0.1, 0.15) is 11.9 Å². The molecule has 0 bridgehead atoms. The van der Waals surface area contributed by atoms with Crippen molar-refractivity contribution in [3.63, 3.8) is 0 Å². The Labute approximate surface area is 131 Å². The van der Waals surface area contributed by atoms with Crippen molar-refractivity contribution in [3.8, 4) is 0 Å². The van der Waals surface area contributed by atoms with E-state index in [0.29, 0.717) is 12.6 Å². The second kappa shape index (κ2) is 7.03. The molecule has 1 aliphatic heterocycles. The summed E-state index contributed by atoms with van der Waals surface area (Å²) in [5.74, 6) is 1.67. The highest BCUT2D eigenvalue weighted by Gasteiger charge is 2.21. The summed E-state index contributed by atoms with van der Waals surface area (Å²) < 4.78 is 5.60. The molecule has 2 unspecified atom stereocenters. The summed E-state index contributed by atoms with van der Waals surface area (Å²) >= 11 is 0. The standard InChI is InChI=1S/C17H24N4O/c1-12-6-3-4-7-14(12)10-13(2)18-11-16-19-17(21-20-16)15-8-5-9-22-15/h3-4,6-7,13,15,18H,5,8-11H2,1-2H3,(H,19,20,21). The number of hydrogen-bond donors (Lipinski definition) is 2. The van der Waals surface area contributed by atoms with Crippen LogP contribution in [-0.4, -0.2) is 27.8 Å². The molecule has 0 radical (unpaired) electrons. The number of benzene rings is 1. The molecule has 5 nitrogen and oxygen atoms in total. The first kappa shape index (κ1) is 15.2. The summed E-state index contributed by atoms with van der Waals surface area (Å²) in [7, 11) is 0. The van der Waals surface area contributed by atoms with E-state index in [1.54, 1.807) is 0 Å². The minimum atomic E-state index is 0.0781. The van der Waals surface area contributed by atoms with E-state index in [1.165, 1.54) is 11.1 Å². The second-order valence-corrected chi connectivity index (χ2v) is 6.05. The van der Waals surface area contributed by atoms with Crippen molar-refractivity contribution < 1.29 is 4.74 Å². The number of hydrogen-bond acceptors (Lipinski definition) is 4. The second-order valence-electron chi connectivity index (χ2n) is 6.05. The maximum absolute atomic E-state index is 5.60. The summed E-state index contributed by atoms with van der Waals surface area (Å²) in [5.41, 5.74) is 2.73. The molecule has 118 valence electrons. The molecule has 5 heteroatoms. The first-order chi connectivity index (χ1) is 10.7. The molecule has 1 fully saturated rings. The van der Waals surface area contributed by atoms with E-state index in [4.69, 9.17) is 4.74 Å². The fourth-order valence-electron chi connectivity index (χ4n) is 2.83. The fraction of sp³-hybridized carbons (Fsp3) is 0.529. The van der Waals surface area contributed by atoms with Crippen LogP contribution in [-0.2, 0) is 17.7 Å². The van der Waals surface area contributed by atoms with Crippen LogP contribution in [0.1, 0.15) is 48.6 Å². The molecule has 0 aliphatic carbocycles. The third-order valence-electron chi connectivity index (χ3n) is 4.17. The number of aryl methyl sites for hydroxylation is 1. The van der Waals surface area contributed by atoms with Crippen molar-refractivity contribution in [2.24, 2.45) is 0 Å². The lowest BCUT2D eigenvalue weighted by Gasteiger charge is -2.14. The average molecular weight is 300 g/mol.